The average molecular weight is 397 g/mol. The number of ether oxygens (including phenoxy) is 1. The average Bonchev–Trinajstić information content (AvgIpc) is 3.12. The van der Waals surface area contributed by atoms with Gasteiger partial charge in [-0.1, -0.05) is 0 Å². The van der Waals surface area contributed by atoms with Gasteiger partial charge in [-0.3, -0.25) is 4.98 Å². The Morgan fingerprint density at radius 1 is 1.38 bits per heavy atom. The van der Waals surface area contributed by atoms with E-state index in [1.807, 2.05) is 17.5 Å². The van der Waals surface area contributed by atoms with Crippen molar-refractivity contribution in [3.63, 3.8) is 0 Å². The summed E-state index contributed by atoms with van der Waals surface area (Å²) in [5.74, 6) is 0.270. The Morgan fingerprint density at radius 2 is 2.19 bits per heavy atom. The smallest absolute Gasteiger partial charge is 0.279 e. The second-order valence-corrected chi connectivity index (χ2v) is 8.96. The molecule has 0 amide bonds. The summed E-state index contributed by atoms with van der Waals surface area (Å²) >= 11 is 1.55. The van der Waals surface area contributed by atoms with Crippen LogP contribution in [0.4, 0.5) is 0 Å². The van der Waals surface area contributed by atoms with Crippen LogP contribution < -0.4 is 4.72 Å². The highest BCUT2D eigenvalue weighted by Crippen LogP contribution is 2.23. The molecule has 1 aliphatic rings. The molecule has 0 radical (unpaired) electrons. The SMILES string of the molecule is COCC1CCCN(S(=O)(=O)NCCc2csc(-c3ccncc3)n2)C1. The molecule has 9 heteroatoms. The summed E-state index contributed by atoms with van der Waals surface area (Å²) < 4.78 is 34.4. The zero-order valence-corrected chi connectivity index (χ0v) is 16.4. The van der Waals surface area contributed by atoms with E-state index in [0.29, 0.717) is 32.7 Å². The molecule has 0 saturated carbocycles. The molecule has 1 fully saturated rings. The van der Waals surface area contributed by atoms with E-state index in [2.05, 4.69) is 14.7 Å². The van der Waals surface area contributed by atoms with Crippen LogP contribution in [0, 0.1) is 5.92 Å². The molecule has 3 heterocycles. The van der Waals surface area contributed by atoms with E-state index in [1.54, 1.807) is 30.8 Å². The van der Waals surface area contributed by atoms with E-state index in [9.17, 15) is 8.42 Å². The molecule has 0 aromatic carbocycles. The largest absolute Gasteiger partial charge is 0.384 e. The normalized spacial score (nSPS) is 18.9. The zero-order chi connectivity index (χ0) is 18.4. The van der Waals surface area contributed by atoms with E-state index in [1.165, 1.54) is 4.31 Å². The van der Waals surface area contributed by atoms with Crippen LogP contribution in [0.15, 0.2) is 29.9 Å². The van der Waals surface area contributed by atoms with Crippen molar-refractivity contribution in [2.75, 3.05) is 33.4 Å². The molecular formula is C17H24N4O3S2. The maximum Gasteiger partial charge on any atom is 0.279 e. The van der Waals surface area contributed by atoms with E-state index in [4.69, 9.17) is 4.74 Å². The fraction of sp³-hybridized carbons (Fsp3) is 0.529. The summed E-state index contributed by atoms with van der Waals surface area (Å²) in [5.41, 5.74) is 1.91. The number of aromatic nitrogens is 2. The Bertz CT molecular complexity index is 793. The van der Waals surface area contributed by atoms with Crippen LogP contribution in [-0.2, 0) is 21.4 Å². The Hall–Kier alpha value is -1.39. The topological polar surface area (TPSA) is 84.4 Å². The lowest BCUT2D eigenvalue weighted by Crippen LogP contribution is -2.47. The Labute approximate surface area is 158 Å². The molecule has 1 atom stereocenters. The van der Waals surface area contributed by atoms with E-state index < -0.39 is 10.2 Å². The van der Waals surface area contributed by atoms with Gasteiger partial charge in [0.25, 0.3) is 10.2 Å². The minimum absolute atomic E-state index is 0.270. The minimum Gasteiger partial charge on any atom is -0.384 e. The van der Waals surface area contributed by atoms with Crippen molar-refractivity contribution in [2.24, 2.45) is 5.92 Å². The second kappa shape index (κ2) is 9.01. The standard InChI is InChI=1S/C17H24N4O3S2/c1-24-12-14-3-2-10-21(11-14)26(22,23)19-9-6-16-13-25-17(20-16)15-4-7-18-8-5-15/h4-5,7-8,13-14,19H,2-3,6,9-12H2,1H3. The predicted octanol–water partition coefficient (Wildman–Crippen LogP) is 1.94. The van der Waals surface area contributed by atoms with Gasteiger partial charge in [0.1, 0.15) is 5.01 Å². The van der Waals surface area contributed by atoms with Crippen molar-refractivity contribution in [2.45, 2.75) is 19.3 Å². The second-order valence-electron chi connectivity index (χ2n) is 6.35. The molecule has 1 unspecified atom stereocenters. The number of methoxy groups -OCH3 is 1. The third kappa shape index (κ3) is 5.08. The van der Waals surface area contributed by atoms with Crippen molar-refractivity contribution in [3.8, 4) is 10.6 Å². The molecule has 1 N–H and O–H groups in total. The summed E-state index contributed by atoms with van der Waals surface area (Å²) in [5, 5.41) is 2.89. The van der Waals surface area contributed by atoms with Crippen LogP contribution in [0.25, 0.3) is 10.6 Å². The van der Waals surface area contributed by atoms with Gasteiger partial charge in [-0.05, 0) is 30.9 Å². The van der Waals surface area contributed by atoms with Crippen molar-refractivity contribution in [1.82, 2.24) is 19.0 Å². The molecule has 1 aliphatic heterocycles. The quantitative estimate of drug-likeness (QED) is 0.737. The van der Waals surface area contributed by atoms with Gasteiger partial charge in [-0.25, -0.2) is 9.71 Å². The first-order valence-electron chi connectivity index (χ1n) is 8.67. The monoisotopic (exact) mass is 396 g/mol. The Kier molecular flexibility index (Phi) is 6.71. The minimum atomic E-state index is -3.45. The molecule has 2 aromatic heterocycles. The van der Waals surface area contributed by atoms with Gasteiger partial charge in [0.2, 0.25) is 0 Å². The Balaban J connectivity index is 1.52. The summed E-state index contributed by atoms with van der Waals surface area (Å²) in [6, 6.07) is 3.83. The highest BCUT2D eigenvalue weighted by molar-refractivity contribution is 7.87. The van der Waals surface area contributed by atoms with Crippen LogP contribution in [-0.4, -0.2) is 56.0 Å². The van der Waals surface area contributed by atoms with Gasteiger partial charge in [-0.15, -0.1) is 11.3 Å². The van der Waals surface area contributed by atoms with Crippen molar-refractivity contribution >= 4 is 21.5 Å². The molecule has 3 rings (SSSR count). The lowest BCUT2D eigenvalue weighted by Gasteiger charge is -2.31. The molecule has 7 nitrogen and oxygen atoms in total. The molecule has 1 saturated heterocycles. The molecule has 0 bridgehead atoms. The number of nitrogens with zero attached hydrogens (tertiary/aromatic N) is 3. The maximum atomic E-state index is 12.5. The van der Waals surface area contributed by atoms with E-state index >= 15 is 0 Å². The van der Waals surface area contributed by atoms with Gasteiger partial charge >= 0.3 is 0 Å². The first-order valence-corrected chi connectivity index (χ1v) is 11.0. The Morgan fingerprint density at radius 3 is 2.96 bits per heavy atom. The third-order valence-corrected chi connectivity index (χ3v) is 6.89. The van der Waals surface area contributed by atoms with Crippen LogP contribution in [0.2, 0.25) is 0 Å². The van der Waals surface area contributed by atoms with Gasteiger partial charge in [-0.2, -0.15) is 12.7 Å². The molecule has 0 aliphatic carbocycles. The van der Waals surface area contributed by atoms with Gasteiger partial charge in [0.15, 0.2) is 0 Å². The molecule has 26 heavy (non-hydrogen) atoms. The molecular weight excluding hydrogens is 372 g/mol. The van der Waals surface area contributed by atoms with Gasteiger partial charge in [0, 0.05) is 56.5 Å². The number of pyridine rings is 1. The predicted molar refractivity (Wildman–Crippen MR) is 102 cm³/mol. The summed E-state index contributed by atoms with van der Waals surface area (Å²) in [4.78, 5) is 8.58. The lowest BCUT2D eigenvalue weighted by atomic mass is 10.0. The van der Waals surface area contributed by atoms with Crippen molar-refractivity contribution in [1.29, 1.82) is 0 Å². The van der Waals surface area contributed by atoms with Crippen LogP contribution in [0.3, 0.4) is 0 Å². The van der Waals surface area contributed by atoms with E-state index in [0.717, 1.165) is 29.1 Å². The van der Waals surface area contributed by atoms with Crippen LogP contribution in [0.5, 0.6) is 0 Å². The molecule has 142 valence electrons. The lowest BCUT2D eigenvalue weighted by molar-refractivity contribution is 0.118. The van der Waals surface area contributed by atoms with Crippen molar-refractivity contribution in [3.05, 3.63) is 35.6 Å². The highest BCUT2D eigenvalue weighted by Gasteiger charge is 2.28. The number of rotatable bonds is 8. The third-order valence-electron chi connectivity index (χ3n) is 4.37. The van der Waals surface area contributed by atoms with Crippen molar-refractivity contribution < 1.29 is 13.2 Å². The number of piperidine rings is 1. The van der Waals surface area contributed by atoms with Crippen LogP contribution >= 0.6 is 11.3 Å². The fourth-order valence-corrected chi connectivity index (χ4v) is 5.24. The molecule has 2 aromatic rings. The van der Waals surface area contributed by atoms with Crippen LogP contribution in [0.1, 0.15) is 18.5 Å². The number of hydrogen-bond acceptors (Lipinski definition) is 6. The fourth-order valence-electron chi connectivity index (χ4n) is 3.07. The number of nitrogens with one attached hydrogen (secondary N) is 1. The number of hydrogen-bond donors (Lipinski definition) is 1. The van der Waals surface area contributed by atoms with Gasteiger partial charge < -0.3 is 4.74 Å². The zero-order valence-electron chi connectivity index (χ0n) is 14.8. The summed E-state index contributed by atoms with van der Waals surface area (Å²) in [7, 11) is -1.80. The maximum absolute atomic E-state index is 12.5. The summed E-state index contributed by atoms with van der Waals surface area (Å²) in [6.45, 7) is 2.03. The highest BCUT2D eigenvalue weighted by atomic mass is 32.2. The van der Waals surface area contributed by atoms with Gasteiger partial charge in [0.05, 0.1) is 12.3 Å². The first-order chi connectivity index (χ1) is 12.6. The number of thiazole rings is 1. The van der Waals surface area contributed by atoms with E-state index in [-0.39, 0.29) is 5.92 Å². The molecule has 0 spiro atoms. The summed E-state index contributed by atoms with van der Waals surface area (Å²) in [6.07, 6.45) is 5.92. The first kappa shape index (κ1) is 19.4.